The number of benzene rings is 1. The number of hydrogen-bond acceptors (Lipinski definition) is 3. The lowest BCUT2D eigenvalue weighted by atomic mass is 10.2. The summed E-state index contributed by atoms with van der Waals surface area (Å²) in [6, 6.07) is 10.7. The van der Waals surface area contributed by atoms with Gasteiger partial charge in [-0.3, -0.25) is 10.1 Å². The van der Waals surface area contributed by atoms with Crippen molar-refractivity contribution in [1.29, 1.82) is 0 Å². The number of nitro groups is 1. The van der Waals surface area contributed by atoms with Crippen LogP contribution in [0.1, 0.15) is 19.1 Å². The molecule has 98 valence electrons. The molecule has 0 saturated carbocycles. The van der Waals surface area contributed by atoms with Crippen molar-refractivity contribution in [1.82, 2.24) is 0 Å². The van der Waals surface area contributed by atoms with E-state index in [1.807, 2.05) is 12.1 Å². The van der Waals surface area contributed by atoms with Gasteiger partial charge >= 0.3 is 0 Å². The third kappa shape index (κ3) is 3.23. The fourth-order valence-electron chi connectivity index (χ4n) is 1.68. The van der Waals surface area contributed by atoms with Crippen molar-refractivity contribution in [2.75, 3.05) is 0 Å². The van der Waals surface area contributed by atoms with Crippen LogP contribution in [0.5, 0.6) is 0 Å². The summed E-state index contributed by atoms with van der Waals surface area (Å²) in [7, 11) is 0. The van der Waals surface area contributed by atoms with E-state index in [-0.39, 0.29) is 5.70 Å². The highest BCUT2D eigenvalue weighted by Gasteiger charge is 2.10. The van der Waals surface area contributed by atoms with Gasteiger partial charge in [-0.15, -0.1) is 0 Å². The normalized spacial score (nSPS) is 11.6. The molecule has 0 aliphatic heterocycles. The van der Waals surface area contributed by atoms with E-state index < -0.39 is 4.92 Å². The van der Waals surface area contributed by atoms with E-state index in [2.05, 4.69) is 0 Å². The fraction of sp³-hybridized carbons (Fsp3) is 0.143. The minimum absolute atomic E-state index is 0.118. The van der Waals surface area contributed by atoms with E-state index >= 15 is 0 Å². The third-order valence-electron chi connectivity index (χ3n) is 2.64. The molecule has 4 nitrogen and oxygen atoms in total. The SMILES string of the molecule is CC/C(=C/c1ccc(-c2cccc(Cl)c2)o1)[N+](=O)[O-]. The van der Waals surface area contributed by atoms with Crippen molar-refractivity contribution in [3.05, 3.63) is 63.0 Å². The van der Waals surface area contributed by atoms with Crippen LogP contribution < -0.4 is 0 Å². The maximum absolute atomic E-state index is 10.7. The average molecular weight is 278 g/mol. The summed E-state index contributed by atoms with van der Waals surface area (Å²) in [6.45, 7) is 1.73. The fourth-order valence-corrected chi connectivity index (χ4v) is 1.87. The molecule has 0 amide bonds. The Labute approximate surface area is 115 Å². The highest BCUT2D eigenvalue weighted by atomic mass is 35.5. The van der Waals surface area contributed by atoms with Crippen molar-refractivity contribution in [3.8, 4) is 11.3 Å². The van der Waals surface area contributed by atoms with Crippen LogP contribution in [-0.2, 0) is 0 Å². The molecule has 1 aromatic carbocycles. The Morgan fingerprint density at radius 3 is 2.84 bits per heavy atom. The van der Waals surface area contributed by atoms with Crippen LogP contribution in [0.15, 0.2) is 46.5 Å². The topological polar surface area (TPSA) is 56.3 Å². The molecule has 0 unspecified atom stereocenters. The number of hydrogen-bond donors (Lipinski definition) is 0. The molecule has 0 radical (unpaired) electrons. The first kappa shape index (κ1) is 13.4. The van der Waals surface area contributed by atoms with Gasteiger partial charge in [0.1, 0.15) is 11.5 Å². The van der Waals surface area contributed by atoms with Gasteiger partial charge in [-0.1, -0.05) is 30.7 Å². The molecule has 0 aliphatic rings. The Morgan fingerprint density at radius 2 is 2.21 bits per heavy atom. The predicted octanol–water partition coefficient (Wildman–Crippen LogP) is 4.63. The lowest BCUT2D eigenvalue weighted by molar-refractivity contribution is -0.425. The number of allylic oxidation sites excluding steroid dienone is 1. The van der Waals surface area contributed by atoms with Gasteiger partial charge in [0.05, 0.1) is 11.0 Å². The third-order valence-corrected chi connectivity index (χ3v) is 2.88. The molecular weight excluding hydrogens is 266 g/mol. The van der Waals surface area contributed by atoms with Crippen LogP contribution in [0.2, 0.25) is 5.02 Å². The zero-order valence-corrected chi connectivity index (χ0v) is 11.1. The van der Waals surface area contributed by atoms with Gasteiger partial charge in [0.15, 0.2) is 0 Å². The van der Waals surface area contributed by atoms with Crippen LogP contribution in [0.3, 0.4) is 0 Å². The van der Waals surface area contributed by atoms with Crippen molar-refractivity contribution in [2.45, 2.75) is 13.3 Å². The summed E-state index contributed by atoms with van der Waals surface area (Å²) in [5, 5.41) is 11.4. The molecule has 0 fully saturated rings. The number of nitrogens with zero attached hydrogens (tertiary/aromatic N) is 1. The molecule has 0 bridgehead atoms. The van der Waals surface area contributed by atoms with Crippen molar-refractivity contribution < 1.29 is 9.34 Å². The van der Waals surface area contributed by atoms with Gasteiger partial charge in [0.2, 0.25) is 5.70 Å². The maximum Gasteiger partial charge on any atom is 0.249 e. The molecule has 0 spiro atoms. The maximum atomic E-state index is 10.7. The smallest absolute Gasteiger partial charge is 0.249 e. The molecular formula is C14H12ClNO3. The average Bonchev–Trinajstić information content (AvgIpc) is 2.84. The summed E-state index contributed by atoms with van der Waals surface area (Å²) in [5.74, 6) is 1.09. The Bertz CT molecular complexity index is 631. The Hall–Kier alpha value is -2.07. The molecule has 2 aromatic rings. The second-order valence-electron chi connectivity index (χ2n) is 3.96. The molecule has 1 aromatic heterocycles. The molecule has 1 heterocycles. The van der Waals surface area contributed by atoms with Crippen LogP contribution in [0.25, 0.3) is 17.4 Å². The van der Waals surface area contributed by atoms with Crippen LogP contribution in [0.4, 0.5) is 0 Å². The van der Waals surface area contributed by atoms with Crippen molar-refractivity contribution >= 4 is 17.7 Å². The summed E-state index contributed by atoms with van der Waals surface area (Å²) >= 11 is 5.91. The van der Waals surface area contributed by atoms with E-state index in [1.165, 1.54) is 6.08 Å². The molecule has 19 heavy (non-hydrogen) atoms. The Balaban J connectivity index is 2.31. The van der Waals surface area contributed by atoms with Gasteiger partial charge in [0, 0.05) is 17.0 Å². The lowest BCUT2D eigenvalue weighted by Gasteiger charge is -1.97. The summed E-state index contributed by atoms with van der Waals surface area (Å²) in [5.41, 5.74) is 0.957. The Kier molecular flexibility index (Phi) is 4.02. The molecule has 0 aliphatic carbocycles. The predicted molar refractivity (Wildman–Crippen MR) is 74.4 cm³/mol. The molecule has 0 N–H and O–H groups in total. The molecule has 2 rings (SSSR count). The standard InChI is InChI=1S/C14H12ClNO3/c1-2-12(16(17)18)9-13-6-7-14(19-13)10-4-3-5-11(15)8-10/h3-9H,2H2,1H3/b12-9-. The first-order valence-corrected chi connectivity index (χ1v) is 6.18. The Morgan fingerprint density at radius 1 is 1.42 bits per heavy atom. The van der Waals surface area contributed by atoms with Crippen LogP contribution in [-0.4, -0.2) is 4.92 Å². The zero-order valence-electron chi connectivity index (χ0n) is 10.3. The lowest BCUT2D eigenvalue weighted by Crippen LogP contribution is -1.95. The molecule has 0 saturated heterocycles. The second kappa shape index (κ2) is 5.71. The minimum atomic E-state index is -0.401. The summed E-state index contributed by atoms with van der Waals surface area (Å²) in [6.07, 6.45) is 1.79. The van der Waals surface area contributed by atoms with E-state index in [0.29, 0.717) is 23.0 Å². The minimum Gasteiger partial charge on any atom is -0.456 e. The second-order valence-corrected chi connectivity index (χ2v) is 4.40. The number of halogens is 1. The quantitative estimate of drug-likeness (QED) is 0.605. The monoisotopic (exact) mass is 277 g/mol. The van der Waals surface area contributed by atoms with Crippen LogP contribution in [0, 0.1) is 10.1 Å². The summed E-state index contributed by atoms with van der Waals surface area (Å²) < 4.78 is 5.57. The van der Waals surface area contributed by atoms with Gasteiger partial charge in [0.25, 0.3) is 0 Å². The number of furan rings is 1. The van der Waals surface area contributed by atoms with E-state index in [9.17, 15) is 10.1 Å². The van der Waals surface area contributed by atoms with Crippen molar-refractivity contribution in [2.24, 2.45) is 0 Å². The van der Waals surface area contributed by atoms with E-state index in [4.69, 9.17) is 16.0 Å². The van der Waals surface area contributed by atoms with Gasteiger partial charge in [-0.05, 0) is 24.3 Å². The molecule has 5 heteroatoms. The zero-order chi connectivity index (χ0) is 13.8. The van der Waals surface area contributed by atoms with Crippen molar-refractivity contribution in [3.63, 3.8) is 0 Å². The van der Waals surface area contributed by atoms with Gasteiger partial charge in [-0.2, -0.15) is 0 Å². The van der Waals surface area contributed by atoms with Crippen LogP contribution >= 0.6 is 11.6 Å². The highest BCUT2D eigenvalue weighted by molar-refractivity contribution is 6.30. The van der Waals surface area contributed by atoms with Gasteiger partial charge in [-0.25, -0.2) is 0 Å². The van der Waals surface area contributed by atoms with E-state index in [1.54, 1.807) is 31.2 Å². The molecule has 0 atom stereocenters. The largest absolute Gasteiger partial charge is 0.456 e. The highest BCUT2D eigenvalue weighted by Crippen LogP contribution is 2.25. The van der Waals surface area contributed by atoms with E-state index in [0.717, 1.165) is 5.56 Å². The van der Waals surface area contributed by atoms with Gasteiger partial charge < -0.3 is 4.42 Å². The summed E-state index contributed by atoms with van der Waals surface area (Å²) in [4.78, 5) is 10.3. The first-order valence-electron chi connectivity index (χ1n) is 5.81. The first-order chi connectivity index (χ1) is 9.10. The number of rotatable bonds is 4.